The third kappa shape index (κ3) is 2.37. The van der Waals surface area contributed by atoms with Crippen molar-refractivity contribution < 1.29 is 9.90 Å². The van der Waals surface area contributed by atoms with Gasteiger partial charge >= 0.3 is 31.8 Å². The molecule has 0 radical (unpaired) electrons. The first-order valence-corrected chi connectivity index (χ1v) is 4.90. The molecule has 0 aliphatic rings. The van der Waals surface area contributed by atoms with Crippen LogP contribution in [0, 0.1) is 0 Å². The zero-order valence-corrected chi connectivity index (χ0v) is 8.78. The fourth-order valence-corrected chi connectivity index (χ4v) is 1.96. The topological polar surface area (TPSA) is 37.3 Å². The van der Waals surface area contributed by atoms with Gasteiger partial charge in [0, 0.05) is 4.47 Å². The molecular weight excluding hydrogens is 359 g/mol. The second kappa shape index (κ2) is 5.03. The van der Waals surface area contributed by atoms with Gasteiger partial charge in [-0.15, -0.1) is 0 Å². The van der Waals surface area contributed by atoms with Crippen molar-refractivity contribution in [3.8, 4) is 0 Å². The zero-order valence-electron chi connectivity index (χ0n) is 7.20. The Hall–Kier alpha value is -0.480. The summed E-state index contributed by atoms with van der Waals surface area (Å²) >= 11 is 3.39. The fraction of sp³-hybridized carbons (Fsp3) is 0. The van der Waals surface area contributed by atoms with Crippen molar-refractivity contribution in [2.24, 2.45) is 0 Å². The summed E-state index contributed by atoms with van der Waals surface area (Å²) < 4.78 is 0.915. The van der Waals surface area contributed by atoms with E-state index in [1.54, 1.807) is 12.1 Å². The Balaban J connectivity index is 0.00000112. The average molecular weight is 369 g/mol. The van der Waals surface area contributed by atoms with E-state index in [1.165, 1.54) is 0 Å². The van der Waals surface area contributed by atoms with Crippen molar-refractivity contribution >= 4 is 58.5 Å². The van der Waals surface area contributed by atoms with Crippen LogP contribution in [0.25, 0.3) is 10.8 Å². The van der Waals surface area contributed by atoms with E-state index >= 15 is 0 Å². The number of carboxylic acid groups (broad SMARTS) is 1. The predicted molar refractivity (Wildman–Crippen MR) is 68.5 cm³/mol. The van der Waals surface area contributed by atoms with E-state index in [-0.39, 0.29) is 25.8 Å². The van der Waals surface area contributed by atoms with Gasteiger partial charge in [-0.05, 0) is 22.9 Å². The van der Waals surface area contributed by atoms with Gasteiger partial charge in [0.25, 0.3) is 0 Å². The van der Waals surface area contributed by atoms with Crippen molar-refractivity contribution in [1.29, 1.82) is 0 Å². The number of hydrogen-bond acceptors (Lipinski definition) is 1. The summed E-state index contributed by atoms with van der Waals surface area (Å²) in [5.41, 5.74) is 0.337. The summed E-state index contributed by atoms with van der Waals surface area (Å²) in [5, 5.41) is 10.6. The molecule has 0 saturated heterocycles. The molecular formula is C11H10BrInO2. The van der Waals surface area contributed by atoms with Crippen molar-refractivity contribution in [3.63, 3.8) is 0 Å². The number of rotatable bonds is 1. The number of benzene rings is 2. The maximum atomic E-state index is 10.9. The molecule has 15 heavy (non-hydrogen) atoms. The molecule has 1 N–H and O–H groups in total. The molecule has 0 spiro atoms. The van der Waals surface area contributed by atoms with Gasteiger partial charge in [0.15, 0.2) is 0 Å². The van der Waals surface area contributed by atoms with E-state index in [2.05, 4.69) is 15.9 Å². The Labute approximate surface area is 114 Å². The molecule has 2 nitrogen and oxygen atoms in total. The normalized spacial score (nSPS) is 9.67. The summed E-state index contributed by atoms with van der Waals surface area (Å²) in [6.07, 6.45) is 0. The number of hydrogen-bond donors (Lipinski definition) is 1. The Morgan fingerprint density at radius 2 is 1.67 bits per heavy atom. The van der Waals surface area contributed by atoms with Crippen LogP contribution >= 0.6 is 15.9 Å². The average Bonchev–Trinajstić information content (AvgIpc) is 2.17. The molecule has 0 amide bonds. The van der Waals surface area contributed by atoms with E-state index in [4.69, 9.17) is 5.11 Å². The molecule has 0 aromatic heterocycles. The van der Waals surface area contributed by atoms with Gasteiger partial charge in [0.1, 0.15) is 0 Å². The van der Waals surface area contributed by atoms with Crippen LogP contribution in [0.5, 0.6) is 0 Å². The Bertz CT molecular complexity index is 511. The summed E-state index contributed by atoms with van der Waals surface area (Å²) in [6.45, 7) is 0. The number of halogens is 1. The first-order valence-electron chi connectivity index (χ1n) is 4.10. The third-order valence-corrected chi connectivity index (χ3v) is 2.79. The van der Waals surface area contributed by atoms with Crippen LogP contribution in [0.3, 0.4) is 0 Å². The van der Waals surface area contributed by atoms with Crippen LogP contribution in [-0.2, 0) is 0 Å². The summed E-state index contributed by atoms with van der Waals surface area (Å²) in [7, 11) is 0. The second-order valence-corrected chi connectivity index (χ2v) is 3.80. The van der Waals surface area contributed by atoms with Crippen LogP contribution in [0.1, 0.15) is 10.4 Å². The number of carboxylic acids is 1. The van der Waals surface area contributed by atoms with Gasteiger partial charge in [-0.1, -0.05) is 40.2 Å². The van der Waals surface area contributed by atoms with Gasteiger partial charge in [-0.3, -0.25) is 0 Å². The quantitative estimate of drug-likeness (QED) is 0.837. The summed E-state index contributed by atoms with van der Waals surface area (Å²) in [6, 6.07) is 10.8. The first-order chi connectivity index (χ1) is 6.70. The molecule has 0 fully saturated rings. The minimum absolute atomic E-state index is 0. The van der Waals surface area contributed by atoms with Gasteiger partial charge < -0.3 is 5.11 Å². The molecule has 2 aromatic rings. The van der Waals surface area contributed by atoms with E-state index in [0.29, 0.717) is 5.56 Å². The van der Waals surface area contributed by atoms with Crippen molar-refractivity contribution in [2.75, 3.05) is 0 Å². The second-order valence-electron chi connectivity index (χ2n) is 2.95. The molecule has 76 valence electrons. The molecule has 2 rings (SSSR count). The number of carbonyl (C=O) groups is 1. The Kier molecular flexibility index (Phi) is 4.22. The Morgan fingerprint density at radius 1 is 1.07 bits per heavy atom. The molecule has 0 bridgehead atoms. The molecule has 4 heteroatoms. The van der Waals surface area contributed by atoms with Crippen LogP contribution in [0.4, 0.5) is 0 Å². The van der Waals surface area contributed by atoms with Crippen molar-refractivity contribution in [3.05, 3.63) is 46.4 Å². The van der Waals surface area contributed by atoms with Gasteiger partial charge in [0.2, 0.25) is 0 Å². The molecule has 0 unspecified atom stereocenters. The number of aromatic carboxylic acids is 1. The molecule has 0 aliphatic heterocycles. The van der Waals surface area contributed by atoms with E-state index < -0.39 is 5.97 Å². The first kappa shape index (κ1) is 12.6. The van der Waals surface area contributed by atoms with Gasteiger partial charge in [-0.2, -0.15) is 0 Å². The van der Waals surface area contributed by atoms with Gasteiger partial charge in [0.05, 0.1) is 5.56 Å². The molecule has 0 heterocycles. The van der Waals surface area contributed by atoms with Crippen molar-refractivity contribution in [2.45, 2.75) is 0 Å². The minimum atomic E-state index is -0.895. The standard InChI is InChI=1S/C11H7BrO2.In.3H/c12-10-6-2-3-7-8(10)4-1-5-9(7)11(13)14;;;;/h1-6H,(H,13,14);;;;. The molecule has 0 aliphatic carbocycles. The van der Waals surface area contributed by atoms with Crippen LogP contribution in [-0.4, -0.2) is 36.9 Å². The van der Waals surface area contributed by atoms with Crippen LogP contribution in [0.2, 0.25) is 0 Å². The van der Waals surface area contributed by atoms with Crippen molar-refractivity contribution in [1.82, 2.24) is 0 Å². The Morgan fingerprint density at radius 3 is 2.33 bits per heavy atom. The predicted octanol–water partition coefficient (Wildman–Crippen LogP) is 2.12. The number of fused-ring (bicyclic) bond motifs is 1. The summed E-state index contributed by atoms with van der Waals surface area (Å²) in [4.78, 5) is 10.9. The molecule has 0 atom stereocenters. The fourth-order valence-electron chi connectivity index (χ4n) is 1.46. The van der Waals surface area contributed by atoms with Crippen LogP contribution < -0.4 is 0 Å². The maximum absolute atomic E-state index is 10.9. The van der Waals surface area contributed by atoms with Gasteiger partial charge in [-0.25, -0.2) is 4.79 Å². The SMILES string of the molecule is O=C(O)c1cccc2c(Br)cccc12.[InH3]. The molecule has 0 saturated carbocycles. The monoisotopic (exact) mass is 368 g/mol. The van der Waals surface area contributed by atoms with E-state index in [9.17, 15) is 4.79 Å². The zero-order chi connectivity index (χ0) is 10.1. The van der Waals surface area contributed by atoms with E-state index in [1.807, 2.05) is 24.3 Å². The molecule has 2 aromatic carbocycles. The summed E-state index contributed by atoms with van der Waals surface area (Å²) in [5.74, 6) is -0.895. The van der Waals surface area contributed by atoms with E-state index in [0.717, 1.165) is 15.2 Å². The van der Waals surface area contributed by atoms with Crippen LogP contribution in [0.15, 0.2) is 40.9 Å². The third-order valence-electron chi connectivity index (χ3n) is 2.10.